The standard InChI is InChI=1S/C21H44O6S.Na/c1-5-9-10-11-12-13-14-15-16-17-18-20(28(22,23)24)19-21(25-6-2,26-7-3)27-8-4;/h20H,5-19H2,1-4H3,(H,22,23,24);/q;+1/p-1. The fourth-order valence-corrected chi connectivity index (χ4v) is 4.31. The quantitative estimate of drug-likeness (QED) is 0.124. The van der Waals surface area contributed by atoms with Crippen LogP contribution in [0.3, 0.4) is 0 Å². The van der Waals surface area contributed by atoms with Gasteiger partial charge in [-0.3, -0.25) is 0 Å². The molecular weight excluding hydrogens is 403 g/mol. The molecule has 1 atom stereocenters. The van der Waals surface area contributed by atoms with Crippen molar-refractivity contribution in [3.63, 3.8) is 0 Å². The molecule has 0 aromatic carbocycles. The maximum Gasteiger partial charge on any atom is 1.00 e. The first-order chi connectivity index (χ1) is 13.3. The van der Waals surface area contributed by atoms with E-state index in [0.717, 1.165) is 12.8 Å². The van der Waals surface area contributed by atoms with Gasteiger partial charge in [-0.05, 0) is 27.2 Å². The van der Waals surface area contributed by atoms with E-state index in [1.54, 1.807) is 20.8 Å². The normalized spacial score (nSPS) is 13.3. The Balaban J connectivity index is 0. The number of hydrogen-bond acceptors (Lipinski definition) is 6. The average molecular weight is 447 g/mol. The third-order valence-electron chi connectivity index (χ3n) is 4.86. The fourth-order valence-electron chi connectivity index (χ4n) is 3.45. The predicted octanol–water partition coefficient (Wildman–Crippen LogP) is 2.37. The van der Waals surface area contributed by atoms with Crippen molar-refractivity contribution in [1.29, 1.82) is 0 Å². The molecule has 0 heterocycles. The van der Waals surface area contributed by atoms with Crippen LogP contribution in [0.4, 0.5) is 0 Å². The van der Waals surface area contributed by atoms with Gasteiger partial charge in [-0.2, -0.15) is 0 Å². The molecule has 0 spiro atoms. The summed E-state index contributed by atoms with van der Waals surface area (Å²) in [6.45, 7) is 8.51. The van der Waals surface area contributed by atoms with Crippen molar-refractivity contribution in [3.05, 3.63) is 0 Å². The Morgan fingerprint density at radius 2 is 1.10 bits per heavy atom. The molecule has 0 aliphatic heterocycles. The maximum absolute atomic E-state index is 11.8. The van der Waals surface area contributed by atoms with Gasteiger partial charge in [0.25, 0.3) is 5.97 Å². The van der Waals surface area contributed by atoms with Gasteiger partial charge in [0, 0.05) is 26.2 Å². The van der Waals surface area contributed by atoms with E-state index in [0.29, 0.717) is 32.7 Å². The molecule has 0 fully saturated rings. The Labute approximate surface area is 201 Å². The first-order valence-corrected chi connectivity index (χ1v) is 12.7. The Bertz CT molecular complexity index is 441. The van der Waals surface area contributed by atoms with Gasteiger partial charge in [-0.25, -0.2) is 8.42 Å². The predicted molar refractivity (Wildman–Crippen MR) is 112 cm³/mol. The minimum atomic E-state index is -4.45. The zero-order chi connectivity index (χ0) is 21.3. The monoisotopic (exact) mass is 446 g/mol. The molecule has 8 heteroatoms. The van der Waals surface area contributed by atoms with Crippen molar-refractivity contribution in [2.45, 2.75) is 116 Å². The summed E-state index contributed by atoms with van der Waals surface area (Å²) in [7, 11) is -4.45. The molecule has 0 aromatic rings. The molecule has 0 aromatic heterocycles. The number of rotatable bonds is 20. The van der Waals surface area contributed by atoms with Crippen molar-refractivity contribution in [2.24, 2.45) is 0 Å². The van der Waals surface area contributed by atoms with Gasteiger partial charge in [0.1, 0.15) is 0 Å². The average Bonchev–Trinajstić information content (AvgIpc) is 2.62. The minimum absolute atomic E-state index is 0. The van der Waals surface area contributed by atoms with Crippen molar-refractivity contribution in [2.75, 3.05) is 19.8 Å². The summed E-state index contributed by atoms with van der Waals surface area (Å²) in [4.78, 5) is 0. The van der Waals surface area contributed by atoms with Crippen LogP contribution in [-0.4, -0.2) is 44.0 Å². The second-order valence-corrected chi connectivity index (χ2v) is 8.92. The third-order valence-corrected chi connectivity index (χ3v) is 6.08. The van der Waals surface area contributed by atoms with Crippen molar-refractivity contribution >= 4 is 10.1 Å². The van der Waals surface area contributed by atoms with Gasteiger partial charge in [0.15, 0.2) is 0 Å². The molecule has 0 amide bonds. The van der Waals surface area contributed by atoms with Crippen LogP contribution in [0.15, 0.2) is 0 Å². The van der Waals surface area contributed by atoms with Crippen LogP contribution in [0.5, 0.6) is 0 Å². The molecular formula is C21H43NaO6S. The second kappa shape index (κ2) is 19.5. The first-order valence-electron chi connectivity index (χ1n) is 11.2. The summed E-state index contributed by atoms with van der Waals surface area (Å²) in [5.74, 6) is -1.46. The van der Waals surface area contributed by atoms with Crippen molar-refractivity contribution in [3.8, 4) is 0 Å². The van der Waals surface area contributed by atoms with E-state index in [2.05, 4.69) is 6.92 Å². The molecule has 0 N–H and O–H groups in total. The van der Waals surface area contributed by atoms with Crippen molar-refractivity contribution < 1.29 is 56.7 Å². The summed E-state index contributed by atoms with van der Waals surface area (Å²) in [6, 6.07) is 0. The topological polar surface area (TPSA) is 84.9 Å². The molecule has 0 saturated heterocycles. The van der Waals surface area contributed by atoms with E-state index >= 15 is 0 Å². The summed E-state index contributed by atoms with van der Waals surface area (Å²) in [6.07, 6.45) is 11.8. The summed E-state index contributed by atoms with van der Waals surface area (Å²) < 4.78 is 52.1. The molecule has 0 aliphatic carbocycles. The molecule has 170 valence electrons. The Morgan fingerprint density at radius 1 is 0.724 bits per heavy atom. The van der Waals surface area contributed by atoms with Crippen LogP contribution < -0.4 is 29.6 Å². The molecule has 0 radical (unpaired) electrons. The van der Waals surface area contributed by atoms with Crippen LogP contribution in [0.1, 0.15) is 105 Å². The Kier molecular flexibility index (Phi) is 21.5. The van der Waals surface area contributed by atoms with E-state index in [-0.39, 0.29) is 36.0 Å². The van der Waals surface area contributed by atoms with E-state index in [1.807, 2.05) is 0 Å². The summed E-state index contributed by atoms with van der Waals surface area (Å²) >= 11 is 0. The molecule has 0 bridgehead atoms. The zero-order valence-electron chi connectivity index (χ0n) is 19.5. The molecule has 0 saturated carbocycles. The first kappa shape index (κ1) is 32.0. The molecule has 6 nitrogen and oxygen atoms in total. The zero-order valence-corrected chi connectivity index (χ0v) is 22.4. The summed E-state index contributed by atoms with van der Waals surface area (Å²) in [5.41, 5.74) is 0. The number of ether oxygens (including phenoxy) is 3. The molecule has 29 heavy (non-hydrogen) atoms. The third kappa shape index (κ3) is 16.1. The van der Waals surface area contributed by atoms with Crippen molar-refractivity contribution in [1.82, 2.24) is 0 Å². The Morgan fingerprint density at radius 3 is 1.45 bits per heavy atom. The number of unbranched alkanes of at least 4 members (excludes halogenated alkanes) is 9. The van der Waals surface area contributed by atoms with E-state index in [4.69, 9.17) is 14.2 Å². The van der Waals surface area contributed by atoms with Gasteiger partial charge >= 0.3 is 29.6 Å². The van der Waals surface area contributed by atoms with Gasteiger partial charge < -0.3 is 18.8 Å². The molecule has 0 aliphatic rings. The number of hydrogen-bond donors (Lipinski definition) is 0. The van der Waals surface area contributed by atoms with Crippen LogP contribution in [0.25, 0.3) is 0 Å². The van der Waals surface area contributed by atoms with Crippen LogP contribution in [0, 0.1) is 0 Å². The maximum atomic E-state index is 11.8. The molecule has 1 unspecified atom stereocenters. The fraction of sp³-hybridized carbons (Fsp3) is 1.00. The van der Waals surface area contributed by atoms with Gasteiger partial charge in [-0.15, -0.1) is 0 Å². The Hall–Kier alpha value is 0.790. The smallest absolute Gasteiger partial charge is 0.748 e. The largest absolute Gasteiger partial charge is 1.00 e. The van der Waals surface area contributed by atoms with E-state index in [1.165, 1.54) is 44.9 Å². The van der Waals surface area contributed by atoms with E-state index < -0.39 is 21.3 Å². The van der Waals surface area contributed by atoms with Crippen LogP contribution >= 0.6 is 0 Å². The SMILES string of the molecule is CCCCCCCCCCCCC(CC(OCC)(OCC)OCC)S(=O)(=O)[O-].[Na+]. The van der Waals surface area contributed by atoms with Crippen LogP contribution in [-0.2, 0) is 24.3 Å². The van der Waals surface area contributed by atoms with Gasteiger partial charge in [0.2, 0.25) is 0 Å². The minimum Gasteiger partial charge on any atom is -0.748 e. The molecule has 0 rings (SSSR count). The van der Waals surface area contributed by atoms with Gasteiger partial charge in [0.05, 0.1) is 15.4 Å². The second-order valence-electron chi connectivity index (χ2n) is 7.27. The van der Waals surface area contributed by atoms with Gasteiger partial charge in [-0.1, -0.05) is 71.1 Å². The summed E-state index contributed by atoms with van der Waals surface area (Å²) in [5, 5.41) is -1.06. The van der Waals surface area contributed by atoms with Crippen LogP contribution in [0.2, 0.25) is 0 Å². The van der Waals surface area contributed by atoms with E-state index in [9.17, 15) is 13.0 Å².